The lowest BCUT2D eigenvalue weighted by Gasteiger charge is -2.22. The number of hydrogen-bond donors (Lipinski definition) is 1. The standard InChI is InChI=1S/C20H24ClN3O4S/c1-28-19-10-9-17(13-18(19)21)24(29(2,26)27)14-20(25)22-15-5-7-16(8-6-15)23-11-3-4-12-23/h5-10,13H,3-4,11-12,14H2,1-2H3,(H,22,25). The summed E-state index contributed by atoms with van der Waals surface area (Å²) >= 11 is 6.11. The molecule has 0 bridgehead atoms. The Balaban J connectivity index is 1.71. The molecule has 0 aromatic heterocycles. The lowest BCUT2D eigenvalue weighted by molar-refractivity contribution is -0.114. The van der Waals surface area contributed by atoms with Crippen LogP contribution in [-0.2, 0) is 14.8 Å². The Morgan fingerprint density at radius 1 is 1.17 bits per heavy atom. The quantitative estimate of drug-likeness (QED) is 0.718. The number of ether oxygens (including phenoxy) is 1. The lowest BCUT2D eigenvalue weighted by Crippen LogP contribution is -2.37. The predicted molar refractivity (Wildman–Crippen MR) is 117 cm³/mol. The van der Waals surface area contributed by atoms with Crippen LogP contribution in [0.5, 0.6) is 5.75 Å². The maximum atomic E-state index is 12.5. The number of carbonyl (C=O) groups excluding carboxylic acids is 1. The monoisotopic (exact) mass is 437 g/mol. The average Bonchev–Trinajstić information content (AvgIpc) is 3.20. The number of amides is 1. The Bertz CT molecular complexity index is 974. The Labute approximate surface area is 176 Å². The topological polar surface area (TPSA) is 79.0 Å². The maximum Gasteiger partial charge on any atom is 0.245 e. The van der Waals surface area contributed by atoms with E-state index in [1.165, 1.54) is 26.0 Å². The predicted octanol–water partition coefficient (Wildman–Crippen LogP) is 3.35. The first kappa shape index (κ1) is 21.3. The number of methoxy groups -OCH3 is 1. The molecule has 1 N–H and O–H groups in total. The molecule has 1 aliphatic rings. The number of nitrogens with one attached hydrogen (secondary N) is 1. The number of rotatable bonds is 7. The highest BCUT2D eigenvalue weighted by Gasteiger charge is 2.22. The third-order valence-electron chi connectivity index (χ3n) is 4.73. The Hall–Kier alpha value is -2.45. The van der Waals surface area contributed by atoms with Gasteiger partial charge >= 0.3 is 0 Å². The third-order valence-corrected chi connectivity index (χ3v) is 6.17. The maximum absolute atomic E-state index is 12.5. The van der Waals surface area contributed by atoms with E-state index >= 15 is 0 Å². The summed E-state index contributed by atoms with van der Waals surface area (Å²) in [5.41, 5.74) is 2.02. The van der Waals surface area contributed by atoms with Crippen molar-refractivity contribution in [3.05, 3.63) is 47.5 Å². The van der Waals surface area contributed by atoms with E-state index in [4.69, 9.17) is 16.3 Å². The molecule has 1 saturated heterocycles. The zero-order chi connectivity index (χ0) is 21.0. The zero-order valence-corrected chi connectivity index (χ0v) is 18.0. The van der Waals surface area contributed by atoms with Crippen LogP contribution in [0.4, 0.5) is 17.1 Å². The fourth-order valence-electron chi connectivity index (χ4n) is 3.27. The highest BCUT2D eigenvalue weighted by molar-refractivity contribution is 7.92. The van der Waals surface area contributed by atoms with Gasteiger partial charge in [-0.05, 0) is 55.3 Å². The van der Waals surface area contributed by atoms with Crippen molar-refractivity contribution in [3.8, 4) is 5.75 Å². The molecule has 29 heavy (non-hydrogen) atoms. The minimum atomic E-state index is -3.69. The highest BCUT2D eigenvalue weighted by Crippen LogP contribution is 2.30. The minimum Gasteiger partial charge on any atom is -0.495 e. The number of halogens is 1. The fraction of sp³-hybridized carbons (Fsp3) is 0.350. The number of carbonyl (C=O) groups is 1. The molecule has 0 aliphatic carbocycles. The number of hydrogen-bond acceptors (Lipinski definition) is 5. The van der Waals surface area contributed by atoms with Gasteiger partial charge in [-0.3, -0.25) is 9.10 Å². The van der Waals surface area contributed by atoms with Gasteiger partial charge in [-0.1, -0.05) is 11.6 Å². The first-order chi connectivity index (χ1) is 13.8. The van der Waals surface area contributed by atoms with E-state index in [-0.39, 0.29) is 17.3 Å². The second-order valence-electron chi connectivity index (χ2n) is 6.88. The molecule has 3 rings (SSSR count). The van der Waals surface area contributed by atoms with E-state index in [0.29, 0.717) is 11.4 Å². The summed E-state index contributed by atoms with van der Waals surface area (Å²) in [5, 5.41) is 3.01. The molecule has 9 heteroatoms. The van der Waals surface area contributed by atoms with E-state index in [0.717, 1.165) is 29.3 Å². The van der Waals surface area contributed by atoms with Crippen molar-refractivity contribution in [2.45, 2.75) is 12.8 Å². The lowest BCUT2D eigenvalue weighted by atomic mass is 10.2. The van der Waals surface area contributed by atoms with Crippen LogP contribution in [-0.4, -0.2) is 47.3 Å². The van der Waals surface area contributed by atoms with Crippen LogP contribution in [0.25, 0.3) is 0 Å². The van der Waals surface area contributed by atoms with Crippen molar-refractivity contribution in [1.82, 2.24) is 0 Å². The van der Waals surface area contributed by atoms with Crippen LogP contribution in [0, 0.1) is 0 Å². The Morgan fingerprint density at radius 2 is 1.83 bits per heavy atom. The smallest absolute Gasteiger partial charge is 0.245 e. The van der Waals surface area contributed by atoms with Crippen molar-refractivity contribution in [3.63, 3.8) is 0 Å². The van der Waals surface area contributed by atoms with Gasteiger partial charge in [0.2, 0.25) is 15.9 Å². The zero-order valence-electron chi connectivity index (χ0n) is 16.4. The second kappa shape index (κ2) is 8.92. The van der Waals surface area contributed by atoms with Gasteiger partial charge in [0.15, 0.2) is 0 Å². The molecule has 1 aliphatic heterocycles. The molecule has 0 spiro atoms. The van der Waals surface area contributed by atoms with Crippen LogP contribution in [0.15, 0.2) is 42.5 Å². The van der Waals surface area contributed by atoms with E-state index in [9.17, 15) is 13.2 Å². The average molecular weight is 438 g/mol. The van der Waals surface area contributed by atoms with Crippen LogP contribution in [0.2, 0.25) is 5.02 Å². The number of anilines is 3. The number of benzene rings is 2. The van der Waals surface area contributed by atoms with Crippen molar-refractivity contribution in [2.75, 3.05) is 47.5 Å². The SMILES string of the molecule is COc1ccc(N(CC(=O)Nc2ccc(N3CCCC3)cc2)S(C)(=O)=O)cc1Cl. The summed E-state index contributed by atoms with van der Waals surface area (Å²) in [7, 11) is -2.22. The molecular formula is C20H24ClN3O4S. The highest BCUT2D eigenvalue weighted by atomic mass is 35.5. The fourth-order valence-corrected chi connectivity index (χ4v) is 4.37. The van der Waals surface area contributed by atoms with Crippen LogP contribution >= 0.6 is 11.6 Å². The van der Waals surface area contributed by atoms with Gasteiger partial charge in [-0.2, -0.15) is 0 Å². The van der Waals surface area contributed by atoms with Crippen molar-refractivity contribution < 1.29 is 17.9 Å². The molecule has 7 nitrogen and oxygen atoms in total. The van der Waals surface area contributed by atoms with Crippen molar-refractivity contribution in [1.29, 1.82) is 0 Å². The van der Waals surface area contributed by atoms with Gasteiger partial charge in [0.1, 0.15) is 12.3 Å². The van der Waals surface area contributed by atoms with E-state index in [2.05, 4.69) is 10.2 Å². The molecule has 0 radical (unpaired) electrons. The van der Waals surface area contributed by atoms with Crippen LogP contribution in [0.1, 0.15) is 12.8 Å². The summed E-state index contributed by atoms with van der Waals surface area (Å²) < 4.78 is 30.6. The Kier molecular flexibility index (Phi) is 6.54. The van der Waals surface area contributed by atoms with Gasteiger partial charge in [-0.15, -0.1) is 0 Å². The molecule has 0 unspecified atom stereocenters. The molecular weight excluding hydrogens is 414 g/mol. The molecule has 1 heterocycles. The third kappa shape index (κ3) is 5.33. The van der Waals surface area contributed by atoms with Crippen molar-refractivity contribution in [2.24, 2.45) is 0 Å². The normalized spacial score (nSPS) is 14.0. The summed E-state index contributed by atoms with van der Waals surface area (Å²) in [6, 6.07) is 12.1. The van der Waals surface area contributed by atoms with Gasteiger partial charge in [0, 0.05) is 24.5 Å². The van der Waals surface area contributed by atoms with Crippen molar-refractivity contribution >= 4 is 44.6 Å². The largest absolute Gasteiger partial charge is 0.495 e. The van der Waals surface area contributed by atoms with E-state index in [1.807, 2.05) is 24.3 Å². The molecule has 156 valence electrons. The summed E-state index contributed by atoms with van der Waals surface area (Å²) in [4.78, 5) is 14.8. The number of nitrogens with zero attached hydrogens (tertiary/aromatic N) is 2. The summed E-state index contributed by atoms with van der Waals surface area (Å²) in [6.45, 7) is 1.72. The molecule has 0 atom stereocenters. The molecule has 1 fully saturated rings. The number of sulfonamides is 1. The molecule has 2 aromatic rings. The first-order valence-corrected chi connectivity index (χ1v) is 11.5. The van der Waals surface area contributed by atoms with Gasteiger partial charge in [0.25, 0.3) is 0 Å². The Morgan fingerprint density at radius 3 is 2.38 bits per heavy atom. The van der Waals surface area contributed by atoms with Gasteiger partial charge in [0.05, 0.1) is 24.1 Å². The summed E-state index contributed by atoms with van der Waals surface area (Å²) in [6.07, 6.45) is 3.42. The minimum absolute atomic E-state index is 0.261. The van der Waals surface area contributed by atoms with Gasteiger partial charge < -0.3 is 15.0 Å². The first-order valence-electron chi connectivity index (χ1n) is 9.24. The van der Waals surface area contributed by atoms with Crippen LogP contribution in [0.3, 0.4) is 0 Å². The van der Waals surface area contributed by atoms with Crippen LogP contribution < -0.4 is 19.3 Å². The summed E-state index contributed by atoms with van der Waals surface area (Å²) in [5.74, 6) is -0.0253. The van der Waals surface area contributed by atoms with E-state index < -0.39 is 15.9 Å². The molecule has 0 saturated carbocycles. The van der Waals surface area contributed by atoms with E-state index in [1.54, 1.807) is 12.1 Å². The van der Waals surface area contributed by atoms with Gasteiger partial charge in [-0.25, -0.2) is 8.42 Å². The molecule has 2 aromatic carbocycles. The molecule has 1 amide bonds. The second-order valence-corrected chi connectivity index (χ2v) is 9.19.